The van der Waals surface area contributed by atoms with E-state index >= 15 is 0 Å². The number of aliphatic carboxylic acids is 1. The molecule has 12 heavy (non-hydrogen) atoms. The van der Waals surface area contributed by atoms with E-state index in [1.807, 2.05) is 0 Å². The molecule has 0 aliphatic heterocycles. The van der Waals surface area contributed by atoms with Crippen molar-refractivity contribution < 1.29 is 95.5 Å². The molecule has 0 saturated heterocycles. The average molecular weight is 568 g/mol. The maximum absolute atomic E-state index is 10.00. The van der Waals surface area contributed by atoms with Crippen LogP contribution in [0.2, 0.25) is 0 Å². The van der Waals surface area contributed by atoms with Gasteiger partial charge >= 0.3 is 35.5 Å². The predicted molar refractivity (Wildman–Crippen MR) is 33.4 cm³/mol. The van der Waals surface area contributed by atoms with E-state index in [1.165, 1.54) is 0 Å². The number of rotatable bonds is 3. The topological polar surface area (TPSA) is 74.6 Å². The maximum atomic E-state index is 10.00. The third-order valence-electron chi connectivity index (χ3n) is 0.653. The fraction of sp³-hybridized carbons (Fsp3) is 0.500. The number of hydrogen-bond donors (Lipinski definition) is 3. The van der Waals surface area contributed by atoms with E-state index in [2.05, 4.69) is 12.6 Å². The van der Waals surface area contributed by atoms with Crippen molar-refractivity contribution in [3.63, 3.8) is 0 Å². The van der Waals surface area contributed by atoms with E-state index in [1.54, 1.807) is 0 Å². The second-order valence-electron chi connectivity index (χ2n) is 1.45. The first-order valence-corrected chi connectivity index (χ1v) is 2.61. The summed E-state index contributed by atoms with van der Waals surface area (Å²) >= 11 is 3.27. The second kappa shape index (κ2) is 12.9. The SMILES string of the molecule is O=C(S)CC(O)C(=O)O.[Au].[Au].[H-].[Na+]. The maximum Gasteiger partial charge on any atom is 1.00 e. The molecule has 0 aliphatic carbocycles. The molecule has 2 N–H and O–H groups in total. The summed E-state index contributed by atoms with van der Waals surface area (Å²) in [5, 5.41) is 15.8. The molecular formula is C4H7Au2NaO4S. The van der Waals surface area contributed by atoms with E-state index in [4.69, 9.17) is 10.2 Å². The summed E-state index contributed by atoms with van der Waals surface area (Å²) in [6.07, 6.45) is -2.06. The van der Waals surface area contributed by atoms with Crippen LogP contribution in [0.1, 0.15) is 7.85 Å². The van der Waals surface area contributed by atoms with Gasteiger partial charge in [-0.2, -0.15) is 0 Å². The molecule has 0 aliphatic rings. The van der Waals surface area contributed by atoms with E-state index in [0.29, 0.717) is 0 Å². The Morgan fingerprint density at radius 3 is 1.83 bits per heavy atom. The zero-order chi connectivity index (χ0) is 7.44. The Kier molecular flexibility index (Phi) is 25.5. The molecule has 0 fully saturated rings. The fourth-order valence-corrected chi connectivity index (χ4v) is 0.426. The Hall–Kier alpha value is 1.93. The molecule has 0 amide bonds. The summed E-state index contributed by atoms with van der Waals surface area (Å²) in [4.78, 5) is 19.8. The van der Waals surface area contributed by atoms with Crippen molar-refractivity contribution in [3.8, 4) is 0 Å². The molecule has 0 aromatic rings. The largest absolute Gasteiger partial charge is 1.00 e. The van der Waals surface area contributed by atoms with Gasteiger partial charge in [0.05, 0.1) is 6.42 Å². The molecule has 0 spiro atoms. The standard InChI is InChI=1S/C4H6O4S.2Au.Na.H/c5-2(4(7)8)1-3(6)9;;;;/h2,5H,1H2,(H,6,9)(H,7,8);;;;/q;;;+1;-1. The van der Waals surface area contributed by atoms with Crippen molar-refractivity contribution in [3.05, 3.63) is 0 Å². The molecule has 0 bridgehead atoms. The minimum Gasteiger partial charge on any atom is -1.00 e. The van der Waals surface area contributed by atoms with Crippen molar-refractivity contribution in [2.45, 2.75) is 12.5 Å². The number of aliphatic hydroxyl groups is 1. The van der Waals surface area contributed by atoms with Crippen LogP contribution in [0.25, 0.3) is 0 Å². The summed E-state index contributed by atoms with van der Waals surface area (Å²) in [7, 11) is 0. The number of carboxylic acid groups (broad SMARTS) is 1. The second-order valence-corrected chi connectivity index (χ2v) is 1.95. The number of thiol groups is 1. The summed E-state index contributed by atoms with van der Waals surface area (Å²) in [5.41, 5.74) is 0. The molecule has 1 atom stereocenters. The first-order chi connectivity index (χ1) is 4.04. The Labute approximate surface area is 130 Å². The number of hydrogen-bond acceptors (Lipinski definition) is 3. The van der Waals surface area contributed by atoms with Crippen molar-refractivity contribution in [2.24, 2.45) is 0 Å². The Morgan fingerprint density at radius 2 is 1.75 bits per heavy atom. The van der Waals surface area contributed by atoms with Gasteiger partial charge in [0.15, 0.2) is 11.2 Å². The smallest absolute Gasteiger partial charge is 1.00 e. The summed E-state index contributed by atoms with van der Waals surface area (Å²) in [5.74, 6) is -1.41. The van der Waals surface area contributed by atoms with Crippen LogP contribution in [0.4, 0.5) is 0 Å². The van der Waals surface area contributed by atoms with Gasteiger partial charge in [0.2, 0.25) is 0 Å². The van der Waals surface area contributed by atoms with Crippen LogP contribution in [-0.4, -0.2) is 27.4 Å². The van der Waals surface area contributed by atoms with Gasteiger partial charge in [-0.25, -0.2) is 4.79 Å². The van der Waals surface area contributed by atoms with E-state index < -0.39 is 23.6 Å². The van der Waals surface area contributed by atoms with Gasteiger partial charge in [-0.3, -0.25) is 4.79 Å². The molecule has 0 rings (SSSR count). The quantitative estimate of drug-likeness (QED) is 0.243. The molecule has 0 saturated carbocycles. The molecule has 76 valence electrons. The Morgan fingerprint density at radius 1 is 1.42 bits per heavy atom. The van der Waals surface area contributed by atoms with Crippen molar-refractivity contribution in [2.75, 3.05) is 0 Å². The third-order valence-corrected chi connectivity index (χ3v) is 0.836. The summed E-state index contributed by atoms with van der Waals surface area (Å²) < 4.78 is 0. The van der Waals surface area contributed by atoms with Crippen LogP contribution in [-0.2, 0) is 54.3 Å². The average Bonchev–Trinajstić information content (AvgIpc) is 1.63. The minimum absolute atomic E-state index is 0. The number of carbonyl (C=O) groups excluding carboxylic acids is 1. The van der Waals surface area contributed by atoms with Crippen molar-refractivity contribution in [1.82, 2.24) is 0 Å². The van der Waals surface area contributed by atoms with Gasteiger partial charge in [0, 0.05) is 44.8 Å². The molecule has 2 radical (unpaired) electrons. The zero-order valence-electron chi connectivity index (χ0n) is 7.05. The molecule has 0 aromatic heterocycles. The van der Waals surface area contributed by atoms with Crippen LogP contribution in [0.15, 0.2) is 0 Å². The van der Waals surface area contributed by atoms with Gasteiger partial charge in [0.25, 0.3) is 0 Å². The normalized spacial score (nSPS) is 9.50. The minimum atomic E-state index is -1.62. The molecule has 4 nitrogen and oxygen atoms in total. The van der Waals surface area contributed by atoms with Crippen molar-refractivity contribution in [1.29, 1.82) is 0 Å². The number of aliphatic hydroxyl groups excluding tert-OH is 1. The van der Waals surface area contributed by atoms with Crippen molar-refractivity contribution >= 4 is 23.7 Å². The van der Waals surface area contributed by atoms with Crippen LogP contribution < -0.4 is 29.6 Å². The summed E-state index contributed by atoms with van der Waals surface area (Å²) in [6.45, 7) is 0. The number of carboxylic acids is 1. The fourth-order valence-electron chi connectivity index (χ4n) is 0.253. The summed E-state index contributed by atoms with van der Waals surface area (Å²) in [6, 6.07) is 0. The monoisotopic (exact) mass is 568 g/mol. The molecule has 0 aromatic carbocycles. The first-order valence-electron chi connectivity index (χ1n) is 2.16. The predicted octanol–water partition coefficient (Wildman–Crippen LogP) is -3.61. The number of carbonyl (C=O) groups is 2. The first kappa shape index (κ1) is 23.6. The Bertz CT molecular complexity index is 150. The van der Waals surface area contributed by atoms with E-state index in [9.17, 15) is 9.59 Å². The van der Waals surface area contributed by atoms with Crippen LogP contribution in [0, 0.1) is 0 Å². The third kappa shape index (κ3) is 14.5. The molecule has 0 heterocycles. The van der Waals surface area contributed by atoms with Gasteiger partial charge in [-0.15, -0.1) is 12.6 Å². The van der Waals surface area contributed by atoms with Gasteiger partial charge in [0.1, 0.15) is 0 Å². The molecular weight excluding hydrogens is 561 g/mol. The van der Waals surface area contributed by atoms with E-state index in [-0.39, 0.29) is 75.7 Å². The van der Waals surface area contributed by atoms with Crippen LogP contribution >= 0.6 is 12.6 Å². The van der Waals surface area contributed by atoms with Gasteiger partial charge in [-0.1, -0.05) is 0 Å². The molecule has 8 heteroatoms. The van der Waals surface area contributed by atoms with E-state index in [0.717, 1.165) is 0 Å². The van der Waals surface area contributed by atoms with Gasteiger partial charge < -0.3 is 11.6 Å². The Balaban J connectivity index is -0.0000000533. The van der Waals surface area contributed by atoms with Crippen LogP contribution in [0.5, 0.6) is 0 Å². The van der Waals surface area contributed by atoms with Gasteiger partial charge in [-0.05, 0) is 0 Å². The molecule has 1 unspecified atom stereocenters. The zero-order valence-corrected chi connectivity index (χ0v) is 13.3. The van der Waals surface area contributed by atoms with Crippen LogP contribution in [0.3, 0.4) is 0 Å².